The van der Waals surface area contributed by atoms with Crippen molar-refractivity contribution in [2.75, 3.05) is 6.26 Å². The number of benzene rings is 1. The first-order valence-electron chi connectivity index (χ1n) is 3.06. The molecule has 0 N–H and O–H groups in total. The highest BCUT2D eigenvalue weighted by molar-refractivity contribution is 14.1. The van der Waals surface area contributed by atoms with E-state index in [4.69, 9.17) is 0 Å². The minimum absolute atomic E-state index is 0.381. The zero-order valence-corrected chi connectivity index (χ0v) is 10.8. The monoisotopic (exact) mass is 360 g/mol. The van der Waals surface area contributed by atoms with Crippen LogP contribution in [0.25, 0.3) is 0 Å². The molecule has 66 valence electrons. The third kappa shape index (κ3) is 2.43. The van der Waals surface area contributed by atoms with Crippen molar-refractivity contribution in [2.24, 2.45) is 0 Å². The van der Waals surface area contributed by atoms with Gasteiger partial charge >= 0.3 is 0 Å². The summed E-state index contributed by atoms with van der Waals surface area (Å²) < 4.78 is 23.9. The predicted molar refractivity (Wildman–Crippen MR) is 60.0 cm³/mol. The topological polar surface area (TPSA) is 34.1 Å². The van der Waals surface area contributed by atoms with Gasteiger partial charge in [-0.15, -0.1) is 0 Å². The first-order chi connectivity index (χ1) is 5.41. The van der Waals surface area contributed by atoms with E-state index in [2.05, 4.69) is 15.9 Å². The maximum absolute atomic E-state index is 11.1. The number of hydrogen-bond acceptors (Lipinski definition) is 2. The molecule has 1 aromatic rings. The molecule has 0 unspecified atom stereocenters. The smallest absolute Gasteiger partial charge is 0.176 e. The fourth-order valence-electron chi connectivity index (χ4n) is 0.776. The van der Waals surface area contributed by atoms with Crippen molar-refractivity contribution in [1.29, 1.82) is 0 Å². The summed E-state index contributed by atoms with van der Waals surface area (Å²) in [4.78, 5) is 0.381. The van der Waals surface area contributed by atoms with Gasteiger partial charge in [-0.2, -0.15) is 0 Å². The highest BCUT2D eigenvalue weighted by Crippen LogP contribution is 2.21. The molecule has 0 saturated heterocycles. The summed E-state index contributed by atoms with van der Waals surface area (Å²) in [7, 11) is -3.08. The molecule has 0 heterocycles. The Morgan fingerprint density at radius 1 is 1.42 bits per heavy atom. The van der Waals surface area contributed by atoms with Crippen LogP contribution in [0.15, 0.2) is 27.6 Å². The zero-order chi connectivity index (χ0) is 9.35. The Bertz CT molecular complexity index is 400. The van der Waals surface area contributed by atoms with Gasteiger partial charge in [-0.05, 0) is 40.8 Å². The maximum atomic E-state index is 11.1. The van der Waals surface area contributed by atoms with Gasteiger partial charge < -0.3 is 0 Å². The van der Waals surface area contributed by atoms with Crippen molar-refractivity contribution in [2.45, 2.75) is 4.90 Å². The van der Waals surface area contributed by atoms with Crippen LogP contribution in [0.5, 0.6) is 0 Å². The van der Waals surface area contributed by atoms with Gasteiger partial charge in [-0.3, -0.25) is 0 Å². The van der Waals surface area contributed by atoms with E-state index in [1.807, 2.05) is 22.6 Å². The summed E-state index contributed by atoms with van der Waals surface area (Å²) in [6, 6.07) is 5.09. The van der Waals surface area contributed by atoms with Crippen LogP contribution >= 0.6 is 38.5 Å². The first-order valence-corrected chi connectivity index (χ1v) is 6.82. The van der Waals surface area contributed by atoms with Crippen LogP contribution < -0.4 is 0 Å². The minimum atomic E-state index is -3.08. The Balaban J connectivity index is 3.39. The minimum Gasteiger partial charge on any atom is -0.224 e. The van der Waals surface area contributed by atoms with Crippen molar-refractivity contribution >= 4 is 48.4 Å². The van der Waals surface area contributed by atoms with Gasteiger partial charge in [0, 0.05) is 14.3 Å². The van der Waals surface area contributed by atoms with Crippen LogP contribution in [-0.4, -0.2) is 14.7 Å². The largest absolute Gasteiger partial charge is 0.224 e. The summed E-state index contributed by atoms with van der Waals surface area (Å²) in [6.45, 7) is 0. The van der Waals surface area contributed by atoms with Gasteiger partial charge in [0.25, 0.3) is 0 Å². The lowest BCUT2D eigenvalue weighted by atomic mass is 10.4. The molecular weight excluding hydrogens is 355 g/mol. The average molecular weight is 361 g/mol. The van der Waals surface area contributed by atoms with E-state index in [0.717, 1.165) is 8.04 Å². The highest BCUT2D eigenvalue weighted by Gasteiger charge is 2.10. The third-order valence-corrected chi connectivity index (χ3v) is 4.20. The molecule has 0 aliphatic heterocycles. The SMILES string of the molecule is CS(=O)(=O)c1ccc(Br)cc1I. The summed E-state index contributed by atoms with van der Waals surface area (Å²) in [6.07, 6.45) is 1.21. The molecular formula is C7H6BrIO2S. The van der Waals surface area contributed by atoms with E-state index >= 15 is 0 Å². The lowest BCUT2D eigenvalue weighted by Gasteiger charge is -2.01. The molecule has 0 amide bonds. The zero-order valence-electron chi connectivity index (χ0n) is 6.21. The Labute approximate surface area is 93.6 Å². The van der Waals surface area contributed by atoms with Gasteiger partial charge in [0.05, 0.1) is 4.90 Å². The van der Waals surface area contributed by atoms with E-state index in [0.29, 0.717) is 4.90 Å². The van der Waals surface area contributed by atoms with E-state index in [9.17, 15) is 8.42 Å². The van der Waals surface area contributed by atoms with Crippen LogP contribution in [0.1, 0.15) is 0 Å². The number of halogens is 2. The van der Waals surface area contributed by atoms with Crippen LogP contribution in [0.2, 0.25) is 0 Å². The predicted octanol–water partition coefficient (Wildman–Crippen LogP) is 2.46. The molecule has 0 aliphatic carbocycles. The summed E-state index contributed by atoms with van der Waals surface area (Å²) >= 11 is 5.27. The van der Waals surface area contributed by atoms with Crippen LogP contribution in [0.4, 0.5) is 0 Å². The quantitative estimate of drug-likeness (QED) is 0.721. The molecule has 12 heavy (non-hydrogen) atoms. The van der Waals surface area contributed by atoms with E-state index in [1.165, 1.54) is 6.26 Å². The van der Waals surface area contributed by atoms with Gasteiger partial charge in [-0.25, -0.2) is 8.42 Å². The lowest BCUT2D eigenvalue weighted by molar-refractivity contribution is 0.601. The van der Waals surface area contributed by atoms with Gasteiger partial charge in [-0.1, -0.05) is 15.9 Å². The van der Waals surface area contributed by atoms with E-state index in [-0.39, 0.29) is 0 Å². The maximum Gasteiger partial charge on any atom is 0.176 e. The molecule has 0 aromatic heterocycles. The fraction of sp³-hybridized carbons (Fsp3) is 0.143. The summed E-state index contributed by atoms with van der Waals surface area (Å²) in [5, 5.41) is 0. The molecule has 2 nitrogen and oxygen atoms in total. The van der Waals surface area contributed by atoms with E-state index in [1.54, 1.807) is 18.2 Å². The molecule has 0 fully saturated rings. The van der Waals surface area contributed by atoms with Crippen molar-refractivity contribution in [3.63, 3.8) is 0 Å². The van der Waals surface area contributed by atoms with Crippen molar-refractivity contribution in [3.8, 4) is 0 Å². The highest BCUT2D eigenvalue weighted by atomic mass is 127. The van der Waals surface area contributed by atoms with Crippen molar-refractivity contribution in [3.05, 3.63) is 26.2 Å². The molecule has 0 atom stereocenters. The molecule has 5 heteroatoms. The normalized spacial score (nSPS) is 11.6. The van der Waals surface area contributed by atoms with E-state index < -0.39 is 9.84 Å². The molecule has 0 spiro atoms. The molecule has 0 bridgehead atoms. The Hall–Kier alpha value is 0.380. The van der Waals surface area contributed by atoms with Crippen LogP contribution in [-0.2, 0) is 9.84 Å². The summed E-state index contributed by atoms with van der Waals surface area (Å²) in [5.41, 5.74) is 0. The molecule has 1 rings (SSSR count). The molecule has 0 saturated carbocycles. The molecule has 1 aromatic carbocycles. The number of hydrogen-bond donors (Lipinski definition) is 0. The third-order valence-electron chi connectivity index (χ3n) is 1.29. The second kappa shape index (κ2) is 3.63. The lowest BCUT2D eigenvalue weighted by Crippen LogP contribution is -1.99. The fourth-order valence-corrected chi connectivity index (χ4v) is 4.01. The molecule has 0 aliphatic rings. The Kier molecular flexibility index (Phi) is 3.16. The Morgan fingerprint density at radius 3 is 2.42 bits per heavy atom. The summed E-state index contributed by atoms with van der Waals surface area (Å²) in [5.74, 6) is 0. The Morgan fingerprint density at radius 2 is 2.00 bits per heavy atom. The second-order valence-corrected chi connectivity index (χ2v) is 6.41. The standard InChI is InChI=1S/C7H6BrIO2S/c1-12(10,11)7-3-2-5(8)4-6(7)9/h2-4H,1H3. The second-order valence-electron chi connectivity index (χ2n) is 2.35. The number of sulfone groups is 1. The average Bonchev–Trinajstić information content (AvgIpc) is 1.83. The van der Waals surface area contributed by atoms with Gasteiger partial charge in [0.2, 0.25) is 0 Å². The van der Waals surface area contributed by atoms with Gasteiger partial charge in [0.15, 0.2) is 9.84 Å². The van der Waals surface area contributed by atoms with Crippen molar-refractivity contribution in [1.82, 2.24) is 0 Å². The van der Waals surface area contributed by atoms with Crippen LogP contribution in [0, 0.1) is 3.57 Å². The van der Waals surface area contributed by atoms with Crippen LogP contribution in [0.3, 0.4) is 0 Å². The van der Waals surface area contributed by atoms with Gasteiger partial charge in [0.1, 0.15) is 0 Å². The van der Waals surface area contributed by atoms with Crippen molar-refractivity contribution < 1.29 is 8.42 Å². The number of rotatable bonds is 1. The first kappa shape index (κ1) is 10.5. The molecule has 0 radical (unpaired) electrons.